The molecule has 0 spiro atoms. The summed E-state index contributed by atoms with van der Waals surface area (Å²) in [4.78, 5) is 0. The van der Waals surface area contributed by atoms with Gasteiger partial charge in [-0.3, -0.25) is 0 Å². The molecule has 0 aliphatic heterocycles. The van der Waals surface area contributed by atoms with Crippen molar-refractivity contribution in [2.75, 3.05) is 0 Å². The first kappa shape index (κ1) is 11.7. The van der Waals surface area contributed by atoms with E-state index < -0.39 is 0 Å². The van der Waals surface area contributed by atoms with E-state index in [4.69, 9.17) is 0 Å². The molecule has 2 rings (SSSR count). The third-order valence-corrected chi connectivity index (χ3v) is 2.77. The minimum Gasteiger partial charge on any atom is -0.0804 e. The first-order valence-electron chi connectivity index (χ1n) is 5.98. The lowest BCUT2D eigenvalue weighted by Crippen LogP contribution is -1.90. The Kier molecular flexibility index (Phi) is 4.15. The van der Waals surface area contributed by atoms with Crippen LogP contribution >= 0.6 is 0 Å². The van der Waals surface area contributed by atoms with Crippen LogP contribution in [0.5, 0.6) is 0 Å². The Bertz CT molecular complexity index is 466. The molecule has 0 aliphatic rings. The van der Waals surface area contributed by atoms with Crippen molar-refractivity contribution in [3.8, 4) is 0 Å². The van der Waals surface area contributed by atoms with E-state index in [9.17, 15) is 0 Å². The lowest BCUT2D eigenvalue weighted by molar-refractivity contribution is 1.25. The van der Waals surface area contributed by atoms with Crippen LogP contribution < -0.4 is 0 Å². The third-order valence-electron chi connectivity index (χ3n) is 2.77. The van der Waals surface area contributed by atoms with Crippen LogP contribution in [-0.4, -0.2) is 0 Å². The first-order valence-corrected chi connectivity index (χ1v) is 5.98. The van der Waals surface area contributed by atoms with Gasteiger partial charge in [-0.05, 0) is 36.5 Å². The minimum absolute atomic E-state index is 0.830. The zero-order valence-corrected chi connectivity index (χ0v) is 9.97. The molecule has 2 aromatic carbocycles. The molecule has 0 N–H and O–H groups in total. The van der Waals surface area contributed by atoms with Crippen LogP contribution in [0.2, 0.25) is 0 Å². The van der Waals surface area contributed by atoms with E-state index in [1.165, 1.54) is 16.7 Å². The third kappa shape index (κ3) is 3.32. The van der Waals surface area contributed by atoms with Gasteiger partial charge in [-0.1, -0.05) is 66.7 Å². The van der Waals surface area contributed by atoms with E-state index in [-0.39, 0.29) is 0 Å². The highest BCUT2D eigenvalue weighted by molar-refractivity contribution is 5.67. The Labute approximate surface area is 104 Å². The predicted molar refractivity (Wildman–Crippen MR) is 74.5 cm³/mol. The molecule has 0 nitrogen and oxygen atoms in total. The van der Waals surface area contributed by atoms with Gasteiger partial charge in [0.15, 0.2) is 0 Å². The van der Waals surface area contributed by atoms with Crippen molar-refractivity contribution >= 4 is 5.57 Å². The maximum absolute atomic E-state index is 3.92. The fraction of sp³-hybridized carbons (Fsp3) is 0.118. The van der Waals surface area contributed by atoms with Gasteiger partial charge in [0.1, 0.15) is 0 Å². The van der Waals surface area contributed by atoms with Crippen molar-refractivity contribution in [1.82, 2.24) is 0 Å². The zero-order chi connectivity index (χ0) is 11.9. The van der Waals surface area contributed by atoms with E-state index in [0.29, 0.717) is 0 Å². The number of hydrogen-bond acceptors (Lipinski definition) is 0. The summed E-state index contributed by atoms with van der Waals surface area (Å²) in [6.45, 7) is 3.92. The van der Waals surface area contributed by atoms with Crippen molar-refractivity contribution in [3.63, 3.8) is 0 Å². The second-order valence-electron chi connectivity index (χ2n) is 4.05. The molecule has 0 saturated carbocycles. The Balaban J connectivity index is 2.23. The molecular weight excluding hydrogens is 204 g/mol. The Morgan fingerprint density at radius 1 is 0.882 bits per heavy atom. The predicted octanol–water partition coefficient (Wildman–Crippen LogP) is 4.54. The second kappa shape index (κ2) is 6.05. The number of benzene rings is 2. The number of allylic oxidation sites excluding steroid dienone is 2. The van der Waals surface area contributed by atoms with Crippen LogP contribution in [-0.2, 0) is 6.42 Å². The van der Waals surface area contributed by atoms with Crippen molar-refractivity contribution in [2.45, 2.75) is 12.8 Å². The monoisotopic (exact) mass is 221 g/mol. The van der Waals surface area contributed by atoms with E-state index >= 15 is 0 Å². The maximum Gasteiger partial charge on any atom is -0.00230 e. The highest BCUT2D eigenvalue weighted by Crippen LogP contribution is 2.19. The van der Waals surface area contributed by atoms with Crippen LogP contribution in [0.4, 0.5) is 0 Å². The number of hydrogen-bond donors (Lipinski definition) is 0. The molecule has 2 aromatic rings. The topological polar surface area (TPSA) is 0 Å². The van der Waals surface area contributed by atoms with Gasteiger partial charge in [0, 0.05) is 0 Å². The summed E-state index contributed by atoms with van der Waals surface area (Å²) in [6, 6.07) is 21.1. The summed E-state index contributed by atoms with van der Waals surface area (Å²) in [5, 5.41) is 0. The van der Waals surface area contributed by atoms with Crippen molar-refractivity contribution in [1.29, 1.82) is 0 Å². The van der Waals surface area contributed by atoms with E-state index in [1.54, 1.807) is 0 Å². The minimum atomic E-state index is 0.830. The maximum atomic E-state index is 3.92. The van der Waals surface area contributed by atoms with Gasteiger partial charge >= 0.3 is 0 Å². The van der Waals surface area contributed by atoms with Gasteiger partial charge < -0.3 is 0 Å². The molecule has 0 bridgehead atoms. The average molecular weight is 221 g/mol. The first-order chi connectivity index (χ1) is 8.40. The largest absolute Gasteiger partial charge is 0.0804 e. The van der Waals surface area contributed by atoms with Gasteiger partial charge in [0.2, 0.25) is 0 Å². The number of rotatable bonds is 4. The highest BCUT2D eigenvalue weighted by atomic mass is 14.1. The molecule has 0 aliphatic carbocycles. The molecular formula is C17H17. The Morgan fingerprint density at radius 3 is 2.06 bits per heavy atom. The summed E-state index contributed by atoms with van der Waals surface area (Å²) in [5.74, 6) is 0. The summed E-state index contributed by atoms with van der Waals surface area (Å²) < 4.78 is 0. The van der Waals surface area contributed by atoms with Crippen molar-refractivity contribution in [2.24, 2.45) is 0 Å². The molecule has 0 amide bonds. The van der Waals surface area contributed by atoms with Crippen molar-refractivity contribution < 1.29 is 0 Å². The van der Waals surface area contributed by atoms with Crippen LogP contribution in [0.25, 0.3) is 5.57 Å². The quantitative estimate of drug-likeness (QED) is 0.711. The highest BCUT2D eigenvalue weighted by Gasteiger charge is 2.01. The fourth-order valence-corrected chi connectivity index (χ4v) is 1.93. The van der Waals surface area contributed by atoms with Gasteiger partial charge in [0.05, 0.1) is 0 Å². The Hall–Kier alpha value is -1.82. The molecule has 0 heterocycles. The second-order valence-corrected chi connectivity index (χ2v) is 4.05. The molecule has 0 unspecified atom stereocenters. The molecule has 0 heteroatoms. The molecule has 85 valence electrons. The van der Waals surface area contributed by atoms with E-state index in [0.717, 1.165) is 12.8 Å². The lowest BCUT2D eigenvalue weighted by Gasteiger charge is -2.08. The zero-order valence-electron chi connectivity index (χ0n) is 9.97. The smallest absolute Gasteiger partial charge is 0.00230 e. The fourth-order valence-electron chi connectivity index (χ4n) is 1.93. The molecule has 1 radical (unpaired) electrons. The molecule has 17 heavy (non-hydrogen) atoms. The van der Waals surface area contributed by atoms with Crippen LogP contribution in [0.15, 0.2) is 66.7 Å². The summed E-state index contributed by atoms with van der Waals surface area (Å²) in [5.41, 5.74) is 3.99. The molecule has 0 saturated heterocycles. The van der Waals surface area contributed by atoms with Gasteiger partial charge in [-0.15, -0.1) is 0 Å². The lowest BCUT2D eigenvalue weighted by atomic mass is 9.97. The molecule has 0 aromatic heterocycles. The van der Waals surface area contributed by atoms with E-state index in [2.05, 4.69) is 67.6 Å². The summed E-state index contributed by atoms with van der Waals surface area (Å²) in [7, 11) is 0. The Morgan fingerprint density at radius 2 is 1.47 bits per heavy atom. The van der Waals surface area contributed by atoms with Crippen molar-refractivity contribution in [3.05, 3.63) is 84.8 Å². The van der Waals surface area contributed by atoms with Crippen LogP contribution in [0.3, 0.4) is 0 Å². The van der Waals surface area contributed by atoms with Crippen LogP contribution in [0.1, 0.15) is 17.5 Å². The van der Waals surface area contributed by atoms with Gasteiger partial charge in [-0.25, -0.2) is 0 Å². The molecule has 0 fully saturated rings. The van der Waals surface area contributed by atoms with Gasteiger partial charge in [0.25, 0.3) is 0 Å². The SMILES string of the molecule is [CH2]CC=C(Cc1ccccc1)c1ccccc1. The normalized spacial score (nSPS) is 11.5. The molecule has 0 atom stereocenters. The summed E-state index contributed by atoms with van der Waals surface area (Å²) >= 11 is 0. The standard InChI is InChI=1S/C17H17/c1-2-9-17(16-12-7-4-8-13-16)14-15-10-5-3-6-11-15/h3-13H,1-2,14H2. The summed E-state index contributed by atoms with van der Waals surface area (Å²) in [6.07, 6.45) is 4.01. The van der Waals surface area contributed by atoms with Crippen LogP contribution in [0, 0.1) is 6.92 Å². The van der Waals surface area contributed by atoms with E-state index in [1.807, 2.05) is 6.07 Å². The average Bonchev–Trinajstić information content (AvgIpc) is 2.40. The van der Waals surface area contributed by atoms with Gasteiger partial charge in [-0.2, -0.15) is 0 Å².